The Bertz CT molecular complexity index is 716. The smallest absolute Gasteiger partial charge is 0.291 e. The van der Waals surface area contributed by atoms with E-state index in [0.29, 0.717) is 12.3 Å². The summed E-state index contributed by atoms with van der Waals surface area (Å²) >= 11 is 0. The van der Waals surface area contributed by atoms with Gasteiger partial charge in [0, 0.05) is 30.2 Å². The molecule has 0 bridgehead atoms. The number of nitrogens with one attached hydrogen (secondary N) is 2. The number of hydrogen-bond acceptors (Lipinski definition) is 5. The normalized spacial score (nSPS) is 10.8. The maximum atomic E-state index is 11.9. The highest BCUT2D eigenvalue weighted by Crippen LogP contribution is 2.02. The number of amides is 1. The molecular formula is C11H11N7O. The molecule has 0 aliphatic rings. The lowest BCUT2D eigenvalue weighted by Gasteiger charge is -1.98. The fourth-order valence-corrected chi connectivity index (χ4v) is 1.64. The summed E-state index contributed by atoms with van der Waals surface area (Å²) in [6.45, 7) is 2.24. The first-order valence-electron chi connectivity index (χ1n) is 5.68. The molecule has 8 heteroatoms. The molecule has 3 rings (SSSR count). The van der Waals surface area contributed by atoms with Crippen molar-refractivity contribution >= 4 is 11.7 Å². The van der Waals surface area contributed by atoms with Gasteiger partial charge in [-0.3, -0.25) is 9.89 Å². The van der Waals surface area contributed by atoms with Crippen molar-refractivity contribution in [2.75, 3.05) is 0 Å². The highest BCUT2D eigenvalue weighted by atomic mass is 16.2. The van der Waals surface area contributed by atoms with Crippen LogP contribution in [0.1, 0.15) is 21.9 Å². The number of H-pyrrole nitrogens is 1. The zero-order valence-corrected chi connectivity index (χ0v) is 10.2. The van der Waals surface area contributed by atoms with E-state index in [2.05, 4.69) is 30.6 Å². The van der Waals surface area contributed by atoms with Crippen molar-refractivity contribution in [2.45, 2.75) is 13.5 Å². The molecule has 96 valence electrons. The number of nitrogens with zero attached hydrogens (tertiary/aromatic N) is 5. The molecule has 0 aliphatic heterocycles. The van der Waals surface area contributed by atoms with E-state index in [-0.39, 0.29) is 11.7 Å². The molecule has 3 aromatic heterocycles. The fraction of sp³-hybridized carbons (Fsp3) is 0.182. The molecule has 0 spiro atoms. The van der Waals surface area contributed by atoms with Gasteiger partial charge < -0.3 is 5.32 Å². The molecule has 19 heavy (non-hydrogen) atoms. The summed E-state index contributed by atoms with van der Waals surface area (Å²) in [4.78, 5) is 20.0. The third kappa shape index (κ3) is 2.15. The van der Waals surface area contributed by atoms with Gasteiger partial charge in [-0.05, 0) is 13.0 Å². The number of aryl methyl sites for hydroxylation is 1. The maximum Gasteiger partial charge on any atom is 0.291 e. The van der Waals surface area contributed by atoms with Crippen molar-refractivity contribution < 1.29 is 4.79 Å². The predicted molar refractivity (Wildman–Crippen MR) is 65.3 cm³/mol. The highest BCUT2D eigenvalue weighted by molar-refractivity contribution is 5.90. The molecule has 0 aliphatic carbocycles. The number of fused-ring (bicyclic) bond motifs is 1. The lowest BCUT2D eigenvalue weighted by atomic mass is 10.3. The Labute approximate surface area is 107 Å². The second-order valence-corrected chi connectivity index (χ2v) is 4.02. The van der Waals surface area contributed by atoms with Crippen molar-refractivity contribution in [1.29, 1.82) is 0 Å². The first kappa shape index (κ1) is 11.3. The largest absolute Gasteiger partial charge is 0.345 e. The van der Waals surface area contributed by atoms with Crippen LogP contribution in [0.25, 0.3) is 5.78 Å². The summed E-state index contributed by atoms with van der Waals surface area (Å²) in [7, 11) is 0. The van der Waals surface area contributed by atoms with Crippen LogP contribution >= 0.6 is 0 Å². The van der Waals surface area contributed by atoms with Crippen LogP contribution in [-0.4, -0.2) is 35.7 Å². The van der Waals surface area contributed by atoms with Crippen molar-refractivity contribution in [3.8, 4) is 0 Å². The number of carbonyl (C=O) groups is 1. The molecule has 0 saturated heterocycles. The zero-order chi connectivity index (χ0) is 13.2. The second-order valence-electron chi connectivity index (χ2n) is 4.02. The summed E-state index contributed by atoms with van der Waals surface area (Å²) in [5, 5.41) is 13.3. The Hall–Kier alpha value is -2.77. The Morgan fingerprint density at radius 2 is 2.42 bits per heavy atom. The van der Waals surface area contributed by atoms with Gasteiger partial charge in [0.15, 0.2) is 0 Å². The summed E-state index contributed by atoms with van der Waals surface area (Å²) in [6.07, 6.45) is 4.98. The van der Waals surface area contributed by atoms with Gasteiger partial charge in [-0.25, -0.2) is 9.50 Å². The Morgan fingerprint density at radius 3 is 3.16 bits per heavy atom. The molecule has 0 unspecified atom stereocenters. The van der Waals surface area contributed by atoms with Gasteiger partial charge in [0.25, 0.3) is 11.7 Å². The van der Waals surface area contributed by atoms with E-state index >= 15 is 0 Å². The van der Waals surface area contributed by atoms with Crippen LogP contribution in [0.3, 0.4) is 0 Å². The number of carbonyl (C=O) groups excluding carboxylic acids is 1. The van der Waals surface area contributed by atoms with E-state index in [1.165, 1.54) is 4.52 Å². The molecule has 8 nitrogen and oxygen atoms in total. The van der Waals surface area contributed by atoms with Crippen LogP contribution in [0, 0.1) is 6.92 Å². The summed E-state index contributed by atoms with van der Waals surface area (Å²) in [6, 6.07) is 1.80. The van der Waals surface area contributed by atoms with Crippen LogP contribution in [-0.2, 0) is 6.54 Å². The molecule has 3 heterocycles. The minimum absolute atomic E-state index is 0.102. The van der Waals surface area contributed by atoms with E-state index in [9.17, 15) is 4.79 Å². The predicted octanol–water partition coefficient (Wildman–Crippen LogP) is 0.0858. The molecule has 0 fully saturated rings. The molecule has 0 radical (unpaired) electrons. The summed E-state index contributed by atoms with van der Waals surface area (Å²) in [5.74, 6) is 0.171. The van der Waals surface area contributed by atoms with Crippen LogP contribution in [0.4, 0.5) is 0 Å². The van der Waals surface area contributed by atoms with Gasteiger partial charge in [0.05, 0.1) is 6.20 Å². The molecule has 0 atom stereocenters. The van der Waals surface area contributed by atoms with Gasteiger partial charge >= 0.3 is 0 Å². The average Bonchev–Trinajstić information content (AvgIpc) is 3.05. The van der Waals surface area contributed by atoms with E-state index in [1.54, 1.807) is 24.7 Å². The van der Waals surface area contributed by atoms with Gasteiger partial charge in [-0.15, -0.1) is 5.10 Å². The van der Waals surface area contributed by atoms with Crippen molar-refractivity contribution in [3.63, 3.8) is 0 Å². The topological polar surface area (TPSA) is 101 Å². The van der Waals surface area contributed by atoms with Gasteiger partial charge in [0.1, 0.15) is 0 Å². The summed E-state index contributed by atoms with van der Waals surface area (Å²) < 4.78 is 1.53. The zero-order valence-electron chi connectivity index (χ0n) is 10.2. The van der Waals surface area contributed by atoms with Crippen molar-refractivity contribution in [3.05, 3.63) is 41.7 Å². The van der Waals surface area contributed by atoms with Gasteiger partial charge in [-0.1, -0.05) is 0 Å². The van der Waals surface area contributed by atoms with Crippen molar-refractivity contribution in [1.82, 2.24) is 35.1 Å². The standard InChI is InChI=1S/C11H11N7O/c1-7-2-3-12-11-16-9(17-18(7)11)10(19)13-4-8-5-14-15-6-8/h2-3,5-6H,4H2,1H3,(H,13,19)(H,14,15). The molecule has 1 amide bonds. The van der Waals surface area contributed by atoms with Crippen LogP contribution in [0.5, 0.6) is 0 Å². The highest BCUT2D eigenvalue weighted by Gasteiger charge is 2.13. The third-order valence-corrected chi connectivity index (χ3v) is 2.64. The molecule has 3 aromatic rings. The SMILES string of the molecule is Cc1ccnc2nc(C(=O)NCc3cn[nH]c3)nn12. The summed E-state index contributed by atoms with van der Waals surface area (Å²) in [5.41, 5.74) is 1.75. The van der Waals surface area contributed by atoms with E-state index in [0.717, 1.165) is 11.3 Å². The lowest BCUT2D eigenvalue weighted by molar-refractivity contribution is 0.0940. The maximum absolute atomic E-state index is 11.9. The minimum Gasteiger partial charge on any atom is -0.345 e. The van der Waals surface area contributed by atoms with Crippen LogP contribution in [0.15, 0.2) is 24.7 Å². The Kier molecular flexibility index (Phi) is 2.67. The molecule has 0 saturated carbocycles. The van der Waals surface area contributed by atoms with Gasteiger partial charge in [0.2, 0.25) is 5.82 Å². The van der Waals surface area contributed by atoms with Gasteiger partial charge in [-0.2, -0.15) is 10.1 Å². The quantitative estimate of drug-likeness (QED) is 0.692. The van der Waals surface area contributed by atoms with Crippen LogP contribution in [0.2, 0.25) is 0 Å². The van der Waals surface area contributed by atoms with E-state index < -0.39 is 0 Å². The van der Waals surface area contributed by atoms with Crippen molar-refractivity contribution in [2.24, 2.45) is 0 Å². The first-order chi connectivity index (χ1) is 9.24. The minimum atomic E-state index is -0.342. The second kappa shape index (κ2) is 4.48. The number of aromatic amines is 1. The fourth-order valence-electron chi connectivity index (χ4n) is 1.64. The molecule has 2 N–H and O–H groups in total. The number of rotatable bonds is 3. The van der Waals surface area contributed by atoms with E-state index in [1.807, 2.05) is 6.92 Å². The Balaban J connectivity index is 1.80. The van der Waals surface area contributed by atoms with E-state index in [4.69, 9.17) is 0 Å². The Morgan fingerprint density at radius 1 is 1.53 bits per heavy atom. The third-order valence-electron chi connectivity index (χ3n) is 2.64. The molecule has 0 aromatic carbocycles. The molecular weight excluding hydrogens is 246 g/mol. The first-order valence-corrected chi connectivity index (χ1v) is 5.68. The average molecular weight is 257 g/mol. The van der Waals surface area contributed by atoms with Crippen LogP contribution < -0.4 is 5.32 Å². The lowest BCUT2D eigenvalue weighted by Crippen LogP contribution is -2.23. The number of hydrogen-bond donors (Lipinski definition) is 2. The number of aromatic nitrogens is 6. The monoisotopic (exact) mass is 257 g/mol.